The van der Waals surface area contributed by atoms with Crippen molar-refractivity contribution in [1.29, 1.82) is 0 Å². The van der Waals surface area contributed by atoms with Gasteiger partial charge in [0.2, 0.25) is 0 Å². The van der Waals surface area contributed by atoms with E-state index < -0.39 is 0 Å². The van der Waals surface area contributed by atoms with Crippen LogP contribution in [0.2, 0.25) is 0 Å². The van der Waals surface area contributed by atoms with E-state index in [4.69, 9.17) is 4.42 Å². The molecule has 1 aromatic carbocycles. The molecule has 0 bridgehead atoms. The number of likely N-dealkylation sites (N-methyl/N-ethyl adjacent to an activating group) is 1. The molecule has 3 heteroatoms. The van der Waals surface area contributed by atoms with E-state index in [9.17, 15) is 0 Å². The first-order chi connectivity index (χ1) is 9.81. The zero-order valence-corrected chi connectivity index (χ0v) is 12.4. The summed E-state index contributed by atoms with van der Waals surface area (Å²) in [5.41, 5.74) is 2.74. The molecule has 20 heavy (non-hydrogen) atoms. The summed E-state index contributed by atoms with van der Waals surface area (Å²) in [6.45, 7) is 6.06. The third-order valence-corrected chi connectivity index (χ3v) is 3.50. The van der Waals surface area contributed by atoms with Gasteiger partial charge in [0.25, 0.3) is 0 Å². The van der Waals surface area contributed by atoms with Gasteiger partial charge in [0.15, 0.2) is 0 Å². The van der Waals surface area contributed by atoms with Crippen molar-refractivity contribution in [2.45, 2.75) is 26.4 Å². The quantitative estimate of drug-likeness (QED) is 0.800. The number of hydrogen-bond acceptors (Lipinski definition) is 3. The molecule has 0 aliphatic heterocycles. The van der Waals surface area contributed by atoms with Gasteiger partial charge in [-0.2, -0.15) is 0 Å². The summed E-state index contributed by atoms with van der Waals surface area (Å²) in [6.07, 6.45) is 2.82. The fourth-order valence-electron chi connectivity index (χ4n) is 2.24. The highest BCUT2D eigenvalue weighted by Gasteiger charge is 2.06. The SMILES string of the molecule is CCN(Cc1ccc(CCNC)cc1)Cc1ccco1. The highest BCUT2D eigenvalue weighted by atomic mass is 16.3. The molecule has 0 saturated heterocycles. The van der Waals surface area contributed by atoms with Crippen LogP contribution < -0.4 is 5.32 Å². The van der Waals surface area contributed by atoms with Gasteiger partial charge in [0, 0.05) is 6.54 Å². The highest BCUT2D eigenvalue weighted by molar-refractivity contribution is 5.22. The molecule has 1 heterocycles. The van der Waals surface area contributed by atoms with Crippen molar-refractivity contribution in [3.05, 3.63) is 59.5 Å². The lowest BCUT2D eigenvalue weighted by Gasteiger charge is -2.19. The number of nitrogens with one attached hydrogen (secondary N) is 1. The lowest BCUT2D eigenvalue weighted by Crippen LogP contribution is -2.22. The Hall–Kier alpha value is -1.58. The van der Waals surface area contributed by atoms with E-state index in [2.05, 4.69) is 41.4 Å². The molecule has 0 fully saturated rings. The van der Waals surface area contributed by atoms with Crippen molar-refractivity contribution >= 4 is 0 Å². The molecular formula is C17H24N2O. The summed E-state index contributed by atoms with van der Waals surface area (Å²) in [5, 5.41) is 3.18. The van der Waals surface area contributed by atoms with E-state index in [1.54, 1.807) is 6.26 Å². The number of nitrogens with zero attached hydrogens (tertiary/aromatic N) is 1. The van der Waals surface area contributed by atoms with Crippen molar-refractivity contribution in [2.24, 2.45) is 0 Å². The van der Waals surface area contributed by atoms with Crippen LogP contribution in [0.5, 0.6) is 0 Å². The van der Waals surface area contributed by atoms with Gasteiger partial charge in [0.05, 0.1) is 12.8 Å². The summed E-state index contributed by atoms with van der Waals surface area (Å²) in [6, 6.07) is 12.9. The first-order valence-electron chi connectivity index (χ1n) is 7.29. The molecule has 1 N–H and O–H groups in total. The maximum atomic E-state index is 5.42. The lowest BCUT2D eigenvalue weighted by atomic mass is 10.1. The number of furan rings is 1. The van der Waals surface area contributed by atoms with Gasteiger partial charge < -0.3 is 9.73 Å². The lowest BCUT2D eigenvalue weighted by molar-refractivity contribution is 0.248. The number of benzene rings is 1. The van der Waals surface area contributed by atoms with Crippen molar-refractivity contribution in [1.82, 2.24) is 10.2 Å². The smallest absolute Gasteiger partial charge is 0.117 e. The fourth-order valence-corrected chi connectivity index (χ4v) is 2.24. The minimum absolute atomic E-state index is 0.866. The predicted molar refractivity (Wildman–Crippen MR) is 82.6 cm³/mol. The molecule has 0 aliphatic rings. The van der Waals surface area contributed by atoms with Crippen LogP contribution in [0.1, 0.15) is 23.8 Å². The Balaban J connectivity index is 1.90. The molecule has 0 aliphatic carbocycles. The molecular weight excluding hydrogens is 248 g/mol. The highest BCUT2D eigenvalue weighted by Crippen LogP contribution is 2.11. The van der Waals surface area contributed by atoms with Gasteiger partial charge in [-0.15, -0.1) is 0 Å². The molecule has 0 unspecified atom stereocenters. The Morgan fingerprint density at radius 3 is 2.40 bits per heavy atom. The Morgan fingerprint density at radius 2 is 1.80 bits per heavy atom. The Labute approximate surface area is 121 Å². The van der Waals surface area contributed by atoms with Gasteiger partial charge in [-0.25, -0.2) is 0 Å². The topological polar surface area (TPSA) is 28.4 Å². The van der Waals surface area contributed by atoms with E-state index >= 15 is 0 Å². The average Bonchev–Trinajstić information content (AvgIpc) is 2.99. The second-order valence-corrected chi connectivity index (χ2v) is 5.05. The van der Waals surface area contributed by atoms with Crippen molar-refractivity contribution < 1.29 is 4.42 Å². The fraction of sp³-hybridized carbons (Fsp3) is 0.412. The minimum Gasteiger partial charge on any atom is -0.468 e. The van der Waals surface area contributed by atoms with Gasteiger partial charge in [-0.1, -0.05) is 31.2 Å². The van der Waals surface area contributed by atoms with Crippen LogP contribution in [-0.2, 0) is 19.5 Å². The molecule has 0 saturated carbocycles. The van der Waals surface area contributed by atoms with Crippen molar-refractivity contribution in [3.8, 4) is 0 Å². The van der Waals surface area contributed by atoms with Crippen molar-refractivity contribution in [3.63, 3.8) is 0 Å². The average molecular weight is 272 g/mol. The molecule has 3 nitrogen and oxygen atoms in total. The number of hydrogen-bond donors (Lipinski definition) is 1. The zero-order chi connectivity index (χ0) is 14.2. The third kappa shape index (κ3) is 4.51. The Morgan fingerprint density at radius 1 is 1.05 bits per heavy atom. The molecule has 0 amide bonds. The van der Waals surface area contributed by atoms with Crippen LogP contribution in [0.15, 0.2) is 47.1 Å². The molecule has 2 aromatic rings. The van der Waals surface area contributed by atoms with Crippen LogP contribution in [0.3, 0.4) is 0 Å². The van der Waals surface area contributed by atoms with Crippen LogP contribution in [0.25, 0.3) is 0 Å². The van der Waals surface area contributed by atoms with Crippen molar-refractivity contribution in [2.75, 3.05) is 20.1 Å². The number of rotatable bonds is 8. The van der Waals surface area contributed by atoms with Crippen LogP contribution in [-0.4, -0.2) is 25.0 Å². The zero-order valence-electron chi connectivity index (χ0n) is 12.4. The molecule has 108 valence electrons. The molecule has 1 aromatic heterocycles. The second kappa shape index (κ2) is 7.88. The second-order valence-electron chi connectivity index (χ2n) is 5.05. The van der Waals surface area contributed by atoms with Gasteiger partial charge in [-0.05, 0) is 49.8 Å². The molecule has 0 atom stereocenters. The first-order valence-corrected chi connectivity index (χ1v) is 7.29. The summed E-state index contributed by atoms with van der Waals surface area (Å²) < 4.78 is 5.42. The van der Waals surface area contributed by atoms with E-state index in [0.29, 0.717) is 0 Å². The predicted octanol–water partition coefficient (Wildman–Crippen LogP) is 3.06. The Bertz CT molecular complexity index is 476. The third-order valence-electron chi connectivity index (χ3n) is 3.50. The summed E-state index contributed by atoms with van der Waals surface area (Å²) in [5.74, 6) is 1.03. The van der Waals surface area contributed by atoms with Crippen LogP contribution in [0.4, 0.5) is 0 Å². The van der Waals surface area contributed by atoms with Gasteiger partial charge in [-0.3, -0.25) is 4.90 Å². The van der Waals surface area contributed by atoms with E-state index in [-0.39, 0.29) is 0 Å². The maximum absolute atomic E-state index is 5.42. The van der Waals surface area contributed by atoms with E-state index in [1.165, 1.54) is 11.1 Å². The Kier molecular flexibility index (Phi) is 5.84. The van der Waals surface area contributed by atoms with E-state index in [0.717, 1.165) is 38.4 Å². The first kappa shape index (κ1) is 14.8. The summed E-state index contributed by atoms with van der Waals surface area (Å²) in [7, 11) is 1.99. The largest absolute Gasteiger partial charge is 0.468 e. The molecule has 2 rings (SSSR count). The summed E-state index contributed by atoms with van der Waals surface area (Å²) >= 11 is 0. The summed E-state index contributed by atoms with van der Waals surface area (Å²) in [4.78, 5) is 2.38. The monoisotopic (exact) mass is 272 g/mol. The standard InChI is InChI=1S/C17H24N2O/c1-3-19(14-17-5-4-12-20-17)13-16-8-6-15(7-9-16)10-11-18-2/h4-9,12,18H,3,10-11,13-14H2,1-2H3. The maximum Gasteiger partial charge on any atom is 0.117 e. The van der Waals surface area contributed by atoms with Gasteiger partial charge in [0.1, 0.15) is 5.76 Å². The molecule has 0 spiro atoms. The minimum atomic E-state index is 0.866. The normalized spacial score (nSPS) is 11.2. The van der Waals surface area contributed by atoms with Gasteiger partial charge >= 0.3 is 0 Å². The van der Waals surface area contributed by atoms with Crippen LogP contribution in [0, 0.1) is 0 Å². The van der Waals surface area contributed by atoms with E-state index in [1.807, 2.05) is 19.2 Å². The van der Waals surface area contributed by atoms with Crippen LogP contribution >= 0.6 is 0 Å². The molecule has 0 radical (unpaired) electrons.